The molecule has 0 saturated heterocycles. The van der Waals surface area contributed by atoms with Crippen LogP contribution in [0, 0.1) is 5.92 Å². The molecule has 0 unspecified atom stereocenters. The molecule has 1 aliphatic rings. The van der Waals surface area contributed by atoms with Crippen LogP contribution in [0.25, 0.3) is 0 Å². The number of amides is 1. The van der Waals surface area contributed by atoms with E-state index in [-0.39, 0.29) is 11.8 Å². The molecule has 80 valence electrons. The van der Waals surface area contributed by atoms with Crippen LogP contribution in [0.4, 0.5) is 0 Å². The molecule has 0 aliphatic heterocycles. The van der Waals surface area contributed by atoms with Crippen molar-refractivity contribution in [2.24, 2.45) is 5.92 Å². The molecule has 0 aromatic rings. The molecule has 5 heteroatoms. The Hall–Kier alpha value is -0.840. The van der Waals surface area contributed by atoms with Crippen molar-refractivity contribution in [3.63, 3.8) is 0 Å². The summed E-state index contributed by atoms with van der Waals surface area (Å²) in [6.45, 7) is 2.71. The number of carbonyl (C=O) groups is 1. The predicted octanol–water partition coefficient (Wildman–Crippen LogP) is 0.692. The lowest BCUT2D eigenvalue weighted by molar-refractivity contribution is -0.125. The molecule has 0 aromatic heterocycles. The highest BCUT2D eigenvalue weighted by Gasteiger charge is 2.22. The van der Waals surface area contributed by atoms with Crippen molar-refractivity contribution in [1.82, 2.24) is 16.2 Å². The number of rotatable bonds is 2. The Bertz CT molecular complexity index is 214. The van der Waals surface area contributed by atoms with Crippen molar-refractivity contribution in [1.29, 1.82) is 0 Å². The van der Waals surface area contributed by atoms with Gasteiger partial charge in [0.25, 0.3) is 0 Å². The minimum atomic E-state index is 0.0581. The fourth-order valence-corrected chi connectivity index (χ4v) is 1.81. The van der Waals surface area contributed by atoms with E-state index in [9.17, 15) is 4.79 Å². The van der Waals surface area contributed by atoms with Gasteiger partial charge in [-0.15, -0.1) is 0 Å². The summed E-state index contributed by atoms with van der Waals surface area (Å²) >= 11 is 4.91. The molecule has 0 spiro atoms. The molecule has 1 saturated carbocycles. The van der Waals surface area contributed by atoms with Crippen molar-refractivity contribution in [2.75, 3.05) is 6.54 Å². The Labute approximate surface area is 89.8 Å². The first-order chi connectivity index (χ1) is 6.74. The molecular weight excluding hydrogens is 198 g/mol. The molecule has 4 nitrogen and oxygen atoms in total. The smallest absolute Gasteiger partial charge is 0.241 e. The number of carbonyl (C=O) groups excluding carboxylic acids is 1. The zero-order valence-corrected chi connectivity index (χ0v) is 9.25. The summed E-state index contributed by atoms with van der Waals surface area (Å²) in [5, 5.41) is 3.37. The quantitative estimate of drug-likeness (QED) is 0.469. The molecule has 0 radical (unpaired) electrons. The summed E-state index contributed by atoms with van der Waals surface area (Å²) in [5.74, 6) is 0.231. The monoisotopic (exact) mass is 215 g/mol. The molecule has 14 heavy (non-hydrogen) atoms. The Morgan fingerprint density at radius 3 is 2.57 bits per heavy atom. The average Bonchev–Trinajstić information content (AvgIpc) is 2.67. The highest BCUT2D eigenvalue weighted by Crippen LogP contribution is 2.24. The third kappa shape index (κ3) is 3.49. The average molecular weight is 215 g/mol. The normalized spacial score (nSPS) is 16.4. The van der Waals surface area contributed by atoms with E-state index >= 15 is 0 Å². The van der Waals surface area contributed by atoms with Crippen LogP contribution in [-0.2, 0) is 4.79 Å². The number of hydrazine groups is 1. The van der Waals surface area contributed by atoms with Gasteiger partial charge in [0.2, 0.25) is 5.91 Å². The van der Waals surface area contributed by atoms with Crippen LogP contribution in [0.2, 0.25) is 0 Å². The molecule has 0 atom stereocenters. The molecule has 0 aromatic carbocycles. The van der Waals surface area contributed by atoms with Gasteiger partial charge >= 0.3 is 0 Å². The Kier molecular flexibility index (Phi) is 4.65. The van der Waals surface area contributed by atoms with Crippen molar-refractivity contribution < 1.29 is 4.79 Å². The van der Waals surface area contributed by atoms with Crippen LogP contribution in [0.15, 0.2) is 0 Å². The van der Waals surface area contributed by atoms with Gasteiger partial charge in [-0.05, 0) is 32.0 Å². The van der Waals surface area contributed by atoms with Crippen LogP contribution < -0.4 is 16.2 Å². The van der Waals surface area contributed by atoms with Crippen LogP contribution >= 0.6 is 12.2 Å². The second-order valence-corrected chi connectivity index (χ2v) is 3.86. The standard InChI is InChI=1S/C9H17N3OS/c1-2-10-9(14)12-11-8(13)7-5-3-4-6-7/h7H,2-6H2,1H3,(H,11,13)(H2,10,12,14). The van der Waals surface area contributed by atoms with Crippen molar-refractivity contribution in [2.45, 2.75) is 32.6 Å². The van der Waals surface area contributed by atoms with Gasteiger partial charge in [0.15, 0.2) is 5.11 Å². The van der Waals surface area contributed by atoms with Gasteiger partial charge < -0.3 is 5.32 Å². The summed E-state index contributed by atoms with van der Waals surface area (Å²) in [4.78, 5) is 11.5. The summed E-state index contributed by atoms with van der Waals surface area (Å²) in [7, 11) is 0. The van der Waals surface area contributed by atoms with Crippen LogP contribution in [0.3, 0.4) is 0 Å². The van der Waals surface area contributed by atoms with E-state index in [0.717, 1.165) is 32.2 Å². The van der Waals surface area contributed by atoms with Crippen molar-refractivity contribution in [3.05, 3.63) is 0 Å². The van der Waals surface area contributed by atoms with E-state index in [2.05, 4.69) is 16.2 Å². The first-order valence-corrected chi connectivity index (χ1v) is 5.48. The zero-order chi connectivity index (χ0) is 10.4. The van der Waals surface area contributed by atoms with Gasteiger partial charge in [-0.1, -0.05) is 12.8 Å². The molecule has 1 fully saturated rings. The second-order valence-electron chi connectivity index (χ2n) is 3.46. The Morgan fingerprint density at radius 2 is 2.00 bits per heavy atom. The predicted molar refractivity (Wildman–Crippen MR) is 59.5 cm³/mol. The van der Waals surface area contributed by atoms with Crippen LogP contribution in [-0.4, -0.2) is 17.6 Å². The van der Waals surface area contributed by atoms with E-state index in [1.807, 2.05) is 6.92 Å². The summed E-state index contributed by atoms with van der Waals surface area (Å²) < 4.78 is 0. The van der Waals surface area contributed by atoms with E-state index in [1.165, 1.54) is 0 Å². The third-order valence-electron chi connectivity index (χ3n) is 2.36. The molecule has 3 N–H and O–H groups in total. The molecular formula is C9H17N3OS. The lowest BCUT2D eigenvalue weighted by atomic mass is 10.1. The van der Waals surface area contributed by atoms with Gasteiger partial charge in [-0.3, -0.25) is 15.6 Å². The van der Waals surface area contributed by atoms with E-state index in [4.69, 9.17) is 12.2 Å². The van der Waals surface area contributed by atoms with E-state index in [1.54, 1.807) is 0 Å². The Balaban J connectivity index is 2.17. The maximum Gasteiger partial charge on any atom is 0.241 e. The van der Waals surface area contributed by atoms with Crippen molar-refractivity contribution >= 4 is 23.2 Å². The lowest BCUT2D eigenvalue weighted by Gasteiger charge is -2.13. The fraction of sp³-hybridized carbons (Fsp3) is 0.778. The topological polar surface area (TPSA) is 53.2 Å². The second kappa shape index (κ2) is 5.80. The largest absolute Gasteiger partial charge is 0.362 e. The molecule has 1 rings (SSSR count). The van der Waals surface area contributed by atoms with Crippen LogP contribution in [0.5, 0.6) is 0 Å². The van der Waals surface area contributed by atoms with Gasteiger partial charge in [0, 0.05) is 12.5 Å². The third-order valence-corrected chi connectivity index (χ3v) is 2.61. The number of nitrogens with one attached hydrogen (secondary N) is 3. The van der Waals surface area contributed by atoms with Gasteiger partial charge in [-0.25, -0.2) is 0 Å². The first kappa shape index (κ1) is 11.2. The molecule has 0 heterocycles. The van der Waals surface area contributed by atoms with E-state index in [0.29, 0.717) is 5.11 Å². The zero-order valence-electron chi connectivity index (χ0n) is 8.43. The Morgan fingerprint density at radius 1 is 1.36 bits per heavy atom. The maximum atomic E-state index is 11.5. The minimum Gasteiger partial charge on any atom is -0.362 e. The molecule has 0 bridgehead atoms. The summed E-state index contributed by atoms with van der Waals surface area (Å²) in [6, 6.07) is 0. The lowest BCUT2D eigenvalue weighted by Crippen LogP contribution is -2.48. The number of hydrogen-bond donors (Lipinski definition) is 3. The van der Waals surface area contributed by atoms with Crippen molar-refractivity contribution in [3.8, 4) is 0 Å². The SMILES string of the molecule is CCNC(=S)NNC(=O)C1CCCC1. The maximum absolute atomic E-state index is 11.5. The fourth-order valence-electron chi connectivity index (χ4n) is 1.61. The van der Waals surface area contributed by atoms with Gasteiger partial charge in [0.05, 0.1) is 0 Å². The number of hydrogen-bond acceptors (Lipinski definition) is 2. The van der Waals surface area contributed by atoms with Gasteiger partial charge in [-0.2, -0.15) is 0 Å². The van der Waals surface area contributed by atoms with Gasteiger partial charge in [0.1, 0.15) is 0 Å². The highest BCUT2D eigenvalue weighted by molar-refractivity contribution is 7.80. The summed E-state index contributed by atoms with van der Waals surface area (Å²) in [5.41, 5.74) is 5.30. The van der Waals surface area contributed by atoms with Crippen LogP contribution in [0.1, 0.15) is 32.6 Å². The molecule has 1 amide bonds. The number of thiocarbonyl (C=S) groups is 1. The first-order valence-electron chi connectivity index (χ1n) is 5.07. The van der Waals surface area contributed by atoms with E-state index < -0.39 is 0 Å². The minimum absolute atomic E-state index is 0.0581. The summed E-state index contributed by atoms with van der Waals surface area (Å²) in [6.07, 6.45) is 4.33. The molecule has 1 aliphatic carbocycles. The highest BCUT2D eigenvalue weighted by atomic mass is 32.1.